The van der Waals surface area contributed by atoms with Gasteiger partial charge < -0.3 is 10.1 Å². The fourth-order valence-corrected chi connectivity index (χ4v) is 1.93. The molecule has 1 N–H and O–H groups in total. The van der Waals surface area contributed by atoms with Crippen LogP contribution in [-0.2, 0) is 14.3 Å². The second-order valence-corrected chi connectivity index (χ2v) is 6.02. The summed E-state index contributed by atoms with van der Waals surface area (Å²) in [6, 6.07) is 7.25. The van der Waals surface area contributed by atoms with Crippen LogP contribution in [0.1, 0.15) is 33.3 Å². The van der Waals surface area contributed by atoms with E-state index in [1.54, 1.807) is 33.8 Å². The second kappa shape index (κ2) is 7.27. The van der Waals surface area contributed by atoms with Gasteiger partial charge in [0.2, 0.25) is 5.91 Å². The summed E-state index contributed by atoms with van der Waals surface area (Å²) in [7, 11) is 0. The van der Waals surface area contributed by atoms with Crippen molar-refractivity contribution in [3.63, 3.8) is 0 Å². The van der Waals surface area contributed by atoms with Crippen LogP contribution in [-0.4, -0.2) is 24.0 Å². The number of rotatable bonds is 4. The van der Waals surface area contributed by atoms with Crippen molar-refractivity contribution in [1.29, 1.82) is 0 Å². The summed E-state index contributed by atoms with van der Waals surface area (Å²) in [4.78, 5) is 23.3. The van der Waals surface area contributed by atoms with Crippen molar-refractivity contribution in [3.05, 3.63) is 40.9 Å². The van der Waals surface area contributed by atoms with Gasteiger partial charge >= 0.3 is 5.97 Å². The van der Waals surface area contributed by atoms with Crippen molar-refractivity contribution < 1.29 is 14.3 Å². The largest absolute Gasteiger partial charge is 0.459 e. The predicted octanol–water partition coefficient (Wildman–Crippen LogP) is 3.20. The number of amides is 1. The SMILES string of the molecule is CC(=CC(=O)NCC(=O)OC(C)(C)C)c1ccccc1Cl. The van der Waals surface area contributed by atoms with Crippen molar-refractivity contribution in [3.8, 4) is 0 Å². The molecule has 0 saturated carbocycles. The van der Waals surface area contributed by atoms with Crippen LogP contribution in [0.2, 0.25) is 5.02 Å². The normalized spacial score (nSPS) is 12.0. The summed E-state index contributed by atoms with van der Waals surface area (Å²) in [5, 5.41) is 3.07. The Labute approximate surface area is 130 Å². The Morgan fingerprint density at radius 2 is 1.90 bits per heavy atom. The lowest BCUT2D eigenvalue weighted by molar-refractivity contribution is -0.154. The second-order valence-electron chi connectivity index (χ2n) is 5.61. The molecule has 1 aromatic carbocycles. The first-order valence-electron chi connectivity index (χ1n) is 6.62. The van der Waals surface area contributed by atoms with Gasteiger partial charge in [-0.25, -0.2) is 0 Å². The molecule has 0 heterocycles. The van der Waals surface area contributed by atoms with Gasteiger partial charge in [-0.1, -0.05) is 29.8 Å². The minimum absolute atomic E-state index is 0.164. The van der Waals surface area contributed by atoms with Gasteiger partial charge in [0.1, 0.15) is 12.1 Å². The van der Waals surface area contributed by atoms with Crippen molar-refractivity contribution >= 4 is 29.1 Å². The van der Waals surface area contributed by atoms with Gasteiger partial charge in [0.15, 0.2) is 0 Å². The Morgan fingerprint density at radius 3 is 2.48 bits per heavy atom. The van der Waals surface area contributed by atoms with Gasteiger partial charge in [0, 0.05) is 11.1 Å². The highest BCUT2D eigenvalue weighted by molar-refractivity contribution is 6.32. The molecule has 1 amide bonds. The Hall–Kier alpha value is -1.81. The standard InChI is InChI=1S/C16H20ClNO3/c1-11(12-7-5-6-8-13(12)17)9-14(19)18-10-15(20)21-16(2,3)4/h5-9H,10H2,1-4H3,(H,18,19). The highest BCUT2D eigenvalue weighted by Gasteiger charge is 2.16. The van der Waals surface area contributed by atoms with E-state index < -0.39 is 11.6 Å². The van der Waals surface area contributed by atoms with Crippen LogP contribution in [0.3, 0.4) is 0 Å². The van der Waals surface area contributed by atoms with Crippen molar-refractivity contribution in [2.24, 2.45) is 0 Å². The van der Waals surface area contributed by atoms with E-state index in [0.29, 0.717) is 5.02 Å². The lowest BCUT2D eigenvalue weighted by Crippen LogP contribution is -2.33. The zero-order chi connectivity index (χ0) is 16.0. The molecule has 0 atom stereocenters. The van der Waals surface area contributed by atoms with Crippen LogP contribution in [0.5, 0.6) is 0 Å². The molecule has 0 bridgehead atoms. The molecular formula is C16H20ClNO3. The molecular weight excluding hydrogens is 290 g/mol. The minimum Gasteiger partial charge on any atom is -0.459 e. The molecule has 5 heteroatoms. The number of carbonyl (C=O) groups excluding carboxylic acids is 2. The number of carbonyl (C=O) groups is 2. The average molecular weight is 310 g/mol. The number of nitrogens with one attached hydrogen (secondary N) is 1. The maximum atomic E-state index is 11.8. The fraction of sp³-hybridized carbons (Fsp3) is 0.375. The van der Waals surface area contributed by atoms with Gasteiger partial charge in [-0.2, -0.15) is 0 Å². The summed E-state index contributed by atoms with van der Waals surface area (Å²) >= 11 is 6.06. The van der Waals surface area contributed by atoms with E-state index in [-0.39, 0.29) is 12.5 Å². The van der Waals surface area contributed by atoms with Crippen LogP contribution in [0.4, 0.5) is 0 Å². The lowest BCUT2D eigenvalue weighted by atomic mass is 10.1. The van der Waals surface area contributed by atoms with Gasteiger partial charge in [-0.05, 0) is 44.9 Å². The fourth-order valence-electron chi connectivity index (χ4n) is 1.64. The number of hydrogen-bond donors (Lipinski definition) is 1. The van der Waals surface area contributed by atoms with E-state index >= 15 is 0 Å². The van der Waals surface area contributed by atoms with Gasteiger partial charge in [-0.15, -0.1) is 0 Å². The van der Waals surface area contributed by atoms with Crippen LogP contribution in [0, 0.1) is 0 Å². The Balaban J connectivity index is 2.59. The first kappa shape index (κ1) is 17.2. The Bertz CT molecular complexity index is 559. The van der Waals surface area contributed by atoms with Crippen LogP contribution >= 0.6 is 11.6 Å². The molecule has 0 fully saturated rings. The molecule has 21 heavy (non-hydrogen) atoms. The van der Waals surface area contributed by atoms with Crippen molar-refractivity contribution in [2.75, 3.05) is 6.54 Å². The molecule has 0 aliphatic rings. The molecule has 0 radical (unpaired) electrons. The van der Waals surface area contributed by atoms with E-state index in [9.17, 15) is 9.59 Å². The van der Waals surface area contributed by atoms with Gasteiger partial charge in [0.05, 0.1) is 0 Å². The van der Waals surface area contributed by atoms with Crippen molar-refractivity contribution in [1.82, 2.24) is 5.32 Å². The van der Waals surface area contributed by atoms with E-state index in [2.05, 4.69) is 5.32 Å². The predicted molar refractivity (Wildman–Crippen MR) is 84.0 cm³/mol. The molecule has 114 valence electrons. The monoisotopic (exact) mass is 309 g/mol. The molecule has 0 spiro atoms. The third-order valence-corrected chi connectivity index (χ3v) is 2.80. The maximum absolute atomic E-state index is 11.8. The third-order valence-electron chi connectivity index (χ3n) is 2.47. The molecule has 0 aliphatic carbocycles. The molecule has 1 rings (SSSR count). The topological polar surface area (TPSA) is 55.4 Å². The lowest BCUT2D eigenvalue weighted by Gasteiger charge is -2.19. The summed E-state index contributed by atoms with van der Waals surface area (Å²) < 4.78 is 5.10. The molecule has 0 aromatic heterocycles. The van der Waals surface area contributed by atoms with Gasteiger partial charge in [0.25, 0.3) is 0 Å². The van der Waals surface area contributed by atoms with E-state index in [4.69, 9.17) is 16.3 Å². The van der Waals surface area contributed by atoms with Crippen LogP contribution in [0.15, 0.2) is 30.3 Å². The first-order chi connectivity index (χ1) is 9.69. The van der Waals surface area contributed by atoms with E-state index in [0.717, 1.165) is 11.1 Å². The van der Waals surface area contributed by atoms with Crippen molar-refractivity contribution in [2.45, 2.75) is 33.3 Å². The molecule has 0 saturated heterocycles. The Morgan fingerprint density at radius 1 is 1.29 bits per heavy atom. The smallest absolute Gasteiger partial charge is 0.325 e. The van der Waals surface area contributed by atoms with E-state index in [1.165, 1.54) is 6.08 Å². The number of hydrogen-bond acceptors (Lipinski definition) is 3. The van der Waals surface area contributed by atoms with Gasteiger partial charge in [-0.3, -0.25) is 9.59 Å². The zero-order valence-electron chi connectivity index (χ0n) is 12.7. The van der Waals surface area contributed by atoms with E-state index in [1.807, 2.05) is 18.2 Å². The molecule has 1 aromatic rings. The number of benzene rings is 1. The number of halogens is 1. The first-order valence-corrected chi connectivity index (χ1v) is 7.00. The number of esters is 1. The van der Waals surface area contributed by atoms with Crippen LogP contribution in [0.25, 0.3) is 5.57 Å². The third kappa shape index (κ3) is 6.45. The zero-order valence-corrected chi connectivity index (χ0v) is 13.5. The summed E-state index contributed by atoms with van der Waals surface area (Å²) in [6.07, 6.45) is 1.41. The number of allylic oxidation sites excluding steroid dienone is 1. The molecule has 0 unspecified atom stereocenters. The minimum atomic E-state index is -0.564. The summed E-state index contributed by atoms with van der Waals surface area (Å²) in [5.41, 5.74) is 0.944. The Kier molecular flexibility index (Phi) is 5.97. The number of ether oxygens (including phenoxy) is 1. The highest BCUT2D eigenvalue weighted by atomic mass is 35.5. The quantitative estimate of drug-likeness (QED) is 0.686. The average Bonchev–Trinajstić information content (AvgIpc) is 2.34. The molecule has 0 aliphatic heterocycles. The maximum Gasteiger partial charge on any atom is 0.325 e. The highest BCUT2D eigenvalue weighted by Crippen LogP contribution is 2.22. The molecule has 4 nitrogen and oxygen atoms in total. The van der Waals surface area contributed by atoms with Crippen LogP contribution < -0.4 is 5.32 Å². The summed E-state index contributed by atoms with van der Waals surface area (Å²) in [5.74, 6) is -0.835. The summed E-state index contributed by atoms with van der Waals surface area (Å²) in [6.45, 7) is 6.94.